The number of likely N-dealkylation sites (N-methyl/N-ethyl adjacent to an activating group) is 1. The van der Waals surface area contributed by atoms with Gasteiger partial charge < -0.3 is 9.80 Å². The number of carbonyl (C=O) groups excluding carboxylic acids is 1. The summed E-state index contributed by atoms with van der Waals surface area (Å²) in [6.45, 7) is 6.58. The number of thiophene rings is 1. The molecule has 0 spiro atoms. The van der Waals surface area contributed by atoms with Gasteiger partial charge in [0.25, 0.3) is 5.56 Å². The second-order valence-electron chi connectivity index (χ2n) is 6.60. The third-order valence-electron chi connectivity index (χ3n) is 4.42. The van der Waals surface area contributed by atoms with Crippen LogP contribution in [0.3, 0.4) is 0 Å². The minimum atomic E-state index is -1.01. The average molecular weight is 346 g/mol. The fourth-order valence-corrected chi connectivity index (χ4v) is 3.54. The monoisotopic (exact) mass is 346 g/mol. The molecule has 1 amide bonds. The van der Waals surface area contributed by atoms with Crippen LogP contribution in [0.1, 0.15) is 13.8 Å². The molecule has 2 aromatic rings. The molecule has 3 rings (SSSR count). The molecule has 24 heavy (non-hydrogen) atoms. The first kappa shape index (κ1) is 16.9. The van der Waals surface area contributed by atoms with Gasteiger partial charge in [0.1, 0.15) is 11.2 Å². The summed E-state index contributed by atoms with van der Waals surface area (Å²) in [4.78, 5) is 30.3. The van der Waals surface area contributed by atoms with Crippen molar-refractivity contribution in [2.45, 2.75) is 19.4 Å². The molecule has 2 aromatic heterocycles. The lowest BCUT2D eigenvalue weighted by molar-refractivity contribution is -0.141. The molecule has 0 saturated carbocycles. The first-order valence-electron chi connectivity index (χ1n) is 8.02. The number of rotatable bonds is 3. The SMILES string of the molecule is CN1CCN(C(=O)C(C)(C)n2nc(-c3cccs3)ccc2=O)CC1. The van der Waals surface area contributed by atoms with Crippen molar-refractivity contribution in [3.63, 3.8) is 0 Å². The highest BCUT2D eigenvalue weighted by Gasteiger charge is 2.36. The molecule has 0 radical (unpaired) electrons. The summed E-state index contributed by atoms with van der Waals surface area (Å²) in [5.41, 5.74) is -0.563. The molecule has 1 aliphatic rings. The zero-order valence-corrected chi connectivity index (χ0v) is 15.0. The Kier molecular flexibility index (Phi) is 4.56. The second kappa shape index (κ2) is 6.49. The van der Waals surface area contributed by atoms with Crippen LogP contribution < -0.4 is 5.56 Å². The van der Waals surface area contributed by atoms with Crippen LogP contribution in [0.5, 0.6) is 0 Å². The molecule has 3 heterocycles. The molecule has 0 unspecified atom stereocenters. The largest absolute Gasteiger partial charge is 0.338 e. The van der Waals surface area contributed by atoms with Crippen LogP contribution in [-0.2, 0) is 10.3 Å². The van der Waals surface area contributed by atoms with Crippen LogP contribution >= 0.6 is 11.3 Å². The zero-order chi connectivity index (χ0) is 17.3. The number of hydrogen-bond acceptors (Lipinski definition) is 5. The standard InChI is InChI=1S/C17H22N4O2S/c1-17(2,16(23)20-10-8-19(3)9-11-20)21-15(22)7-6-13(18-21)14-5-4-12-24-14/h4-7,12H,8-11H2,1-3H3. The van der Waals surface area contributed by atoms with Crippen LogP contribution in [0, 0.1) is 0 Å². The van der Waals surface area contributed by atoms with Crippen LogP contribution in [-0.4, -0.2) is 58.7 Å². The van der Waals surface area contributed by atoms with Crippen molar-refractivity contribution in [3.8, 4) is 10.6 Å². The molecule has 0 atom stereocenters. The van der Waals surface area contributed by atoms with E-state index in [0.29, 0.717) is 18.8 Å². The Morgan fingerprint density at radius 2 is 1.88 bits per heavy atom. The number of amides is 1. The van der Waals surface area contributed by atoms with E-state index < -0.39 is 5.54 Å². The van der Waals surface area contributed by atoms with Gasteiger partial charge in [0, 0.05) is 32.2 Å². The van der Waals surface area contributed by atoms with Gasteiger partial charge in [-0.05, 0) is 38.4 Å². The molecular formula is C17H22N4O2S. The van der Waals surface area contributed by atoms with E-state index in [9.17, 15) is 9.59 Å². The van der Waals surface area contributed by atoms with Crippen molar-refractivity contribution >= 4 is 17.2 Å². The highest BCUT2D eigenvalue weighted by molar-refractivity contribution is 7.13. The van der Waals surface area contributed by atoms with E-state index in [1.54, 1.807) is 31.3 Å². The normalized spacial score (nSPS) is 16.4. The van der Waals surface area contributed by atoms with Crippen LogP contribution in [0.2, 0.25) is 0 Å². The van der Waals surface area contributed by atoms with Gasteiger partial charge in [-0.3, -0.25) is 9.59 Å². The Morgan fingerprint density at radius 3 is 2.50 bits per heavy atom. The molecule has 0 aliphatic carbocycles. The minimum absolute atomic E-state index is 0.0615. The van der Waals surface area contributed by atoms with Crippen molar-refractivity contribution < 1.29 is 4.79 Å². The Labute approximate surface area is 145 Å². The Morgan fingerprint density at radius 1 is 1.17 bits per heavy atom. The summed E-state index contributed by atoms with van der Waals surface area (Å²) in [5, 5.41) is 6.44. The molecular weight excluding hydrogens is 324 g/mol. The van der Waals surface area contributed by atoms with Crippen molar-refractivity contribution in [2.24, 2.45) is 0 Å². The van der Waals surface area contributed by atoms with E-state index in [1.165, 1.54) is 10.7 Å². The molecule has 1 fully saturated rings. The van der Waals surface area contributed by atoms with E-state index in [4.69, 9.17) is 0 Å². The van der Waals surface area contributed by atoms with E-state index in [0.717, 1.165) is 18.0 Å². The summed E-state index contributed by atoms with van der Waals surface area (Å²) < 4.78 is 1.32. The lowest BCUT2D eigenvalue weighted by atomic mass is 10.0. The summed E-state index contributed by atoms with van der Waals surface area (Å²) in [5.74, 6) is -0.0615. The third-order valence-corrected chi connectivity index (χ3v) is 5.31. The Bertz CT molecular complexity index is 774. The molecule has 0 bridgehead atoms. The highest BCUT2D eigenvalue weighted by Crippen LogP contribution is 2.23. The number of nitrogens with zero attached hydrogens (tertiary/aromatic N) is 4. The molecule has 1 saturated heterocycles. The molecule has 1 aliphatic heterocycles. The van der Waals surface area contributed by atoms with E-state index in [1.807, 2.05) is 29.5 Å². The van der Waals surface area contributed by atoms with Gasteiger partial charge in [-0.2, -0.15) is 5.10 Å². The van der Waals surface area contributed by atoms with Crippen LogP contribution in [0.25, 0.3) is 10.6 Å². The summed E-state index contributed by atoms with van der Waals surface area (Å²) in [6.07, 6.45) is 0. The number of hydrogen-bond donors (Lipinski definition) is 0. The van der Waals surface area contributed by atoms with Crippen molar-refractivity contribution in [1.29, 1.82) is 0 Å². The highest BCUT2D eigenvalue weighted by atomic mass is 32.1. The number of carbonyl (C=O) groups is 1. The van der Waals surface area contributed by atoms with Crippen LogP contribution in [0.15, 0.2) is 34.4 Å². The second-order valence-corrected chi connectivity index (χ2v) is 7.55. The maximum Gasteiger partial charge on any atom is 0.267 e. The molecule has 0 aromatic carbocycles. The molecule has 0 N–H and O–H groups in total. The molecule has 7 heteroatoms. The van der Waals surface area contributed by atoms with Crippen molar-refractivity contribution in [1.82, 2.24) is 19.6 Å². The maximum absolute atomic E-state index is 13.0. The molecule has 6 nitrogen and oxygen atoms in total. The average Bonchev–Trinajstić information content (AvgIpc) is 3.09. The van der Waals surface area contributed by atoms with Crippen molar-refractivity contribution in [2.75, 3.05) is 33.2 Å². The summed E-state index contributed by atoms with van der Waals surface area (Å²) in [7, 11) is 2.05. The van der Waals surface area contributed by atoms with Gasteiger partial charge in [0.2, 0.25) is 5.91 Å². The van der Waals surface area contributed by atoms with Gasteiger partial charge in [0.05, 0.1) is 4.88 Å². The van der Waals surface area contributed by atoms with Gasteiger partial charge in [-0.15, -0.1) is 11.3 Å². The summed E-state index contributed by atoms with van der Waals surface area (Å²) >= 11 is 1.56. The fraction of sp³-hybridized carbons (Fsp3) is 0.471. The smallest absolute Gasteiger partial charge is 0.267 e. The quantitative estimate of drug-likeness (QED) is 0.845. The van der Waals surface area contributed by atoms with Gasteiger partial charge in [0.15, 0.2) is 0 Å². The maximum atomic E-state index is 13.0. The van der Waals surface area contributed by atoms with E-state index in [2.05, 4.69) is 10.00 Å². The first-order valence-corrected chi connectivity index (χ1v) is 8.90. The Balaban J connectivity index is 1.92. The lowest BCUT2D eigenvalue weighted by Crippen LogP contribution is -2.56. The predicted octanol–water partition coefficient (Wildman–Crippen LogP) is 1.48. The van der Waals surface area contributed by atoms with Gasteiger partial charge in [-0.1, -0.05) is 6.07 Å². The van der Waals surface area contributed by atoms with Crippen molar-refractivity contribution in [3.05, 3.63) is 40.0 Å². The number of aromatic nitrogens is 2. The van der Waals surface area contributed by atoms with E-state index in [-0.39, 0.29) is 11.5 Å². The van der Waals surface area contributed by atoms with Gasteiger partial charge in [-0.25, -0.2) is 4.68 Å². The minimum Gasteiger partial charge on any atom is -0.338 e. The Hall–Kier alpha value is -1.99. The van der Waals surface area contributed by atoms with E-state index >= 15 is 0 Å². The zero-order valence-electron chi connectivity index (χ0n) is 14.2. The van der Waals surface area contributed by atoms with Gasteiger partial charge >= 0.3 is 0 Å². The van der Waals surface area contributed by atoms with Crippen LogP contribution in [0.4, 0.5) is 0 Å². The number of piperazine rings is 1. The topological polar surface area (TPSA) is 58.4 Å². The molecule has 128 valence electrons. The predicted molar refractivity (Wildman–Crippen MR) is 95.2 cm³/mol. The fourth-order valence-electron chi connectivity index (χ4n) is 2.85. The third kappa shape index (κ3) is 3.14. The summed E-state index contributed by atoms with van der Waals surface area (Å²) in [6, 6.07) is 7.09. The first-order chi connectivity index (χ1) is 11.4. The lowest BCUT2D eigenvalue weighted by Gasteiger charge is -2.37.